The van der Waals surface area contributed by atoms with Crippen molar-refractivity contribution in [2.45, 2.75) is 11.8 Å². The summed E-state index contributed by atoms with van der Waals surface area (Å²) in [6, 6.07) is 5.12. The normalized spacial score (nSPS) is 9.83. The molecular weight excluding hydrogens is 171 g/mol. The molecule has 0 heterocycles. The maximum Gasteiger partial charge on any atom is 0.136 e. The average Bonchev–Trinajstić information content (AvgIpc) is 2.07. The van der Waals surface area contributed by atoms with Crippen molar-refractivity contribution in [2.75, 3.05) is 5.75 Å². The van der Waals surface area contributed by atoms with Gasteiger partial charge in [-0.1, -0.05) is 12.1 Å². The molecule has 64 valence electrons. The van der Waals surface area contributed by atoms with Gasteiger partial charge in [0.25, 0.3) is 0 Å². The SMILES string of the molecule is C=CCSc1cc(C)ccc1F. The van der Waals surface area contributed by atoms with Gasteiger partial charge >= 0.3 is 0 Å². The molecule has 0 amide bonds. The highest BCUT2D eigenvalue weighted by Crippen LogP contribution is 2.22. The molecule has 0 fully saturated rings. The Balaban J connectivity index is 2.82. The molecular formula is C10H11FS. The number of thioether (sulfide) groups is 1. The van der Waals surface area contributed by atoms with Gasteiger partial charge in [-0.15, -0.1) is 18.3 Å². The van der Waals surface area contributed by atoms with Crippen LogP contribution in [-0.4, -0.2) is 5.75 Å². The molecule has 0 aromatic heterocycles. The van der Waals surface area contributed by atoms with Crippen molar-refractivity contribution in [3.8, 4) is 0 Å². The lowest BCUT2D eigenvalue weighted by atomic mass is 10.2. The van der Waals surface area contributed by atoms with Crippen molar-refractivity contribution < 1.29 is 4.39 Å². The number of hydrogen-bond donors (Lipinski definition) is 0. The summed E-state index contributed by atoms with van der Waals surface area (Å²) >= 11 is 1.47. The highest BCUT2D eigenvalue weighted by molar-refractivity contribution is 7.99. The van der Waals surface area contributed by atoms with Gasteiger partial charge in [-0.3, -0.25) is 0 Å². The molecule has 0 nitrogen and oxygen atoms in total. The van der Waals surface area contributed by atoms with Crippen molar-refractivity contribution in [3.63, 3.8) is 0 Å². The van der Waals surface area contributed by atoms with Crippen LogP contribution in [0.4, 0.5) is 4.39 Å². The zero-order valence-electron chi connectivity index (χ0n) is 7.01. The number of aryl methyl sites for hydroxylation is 1. The summed E-state index contributed by atoms with van der Waals surface area (Å²) in [5, 5.41) is 0. The molecule has 0 saturated carbocycles. The lowest BCUT2D eigenvalue weighted by Gasteiger charge is -2.01. The van der Waals surface area contributed by atoms with Gasteiger partial charge in [0, 0.05) is 10.6 Å². The Kier molecular flexibility index (Phi) is 3.35. The highest BCUT2D eigenvalue weighted by atomic mass is 32.2. The molecule has 0 unspecified atom stereocenters. The topological polar surface area (TPSA) is 0 Å². The molecule has 12 heavy (non-hydrogen) atoms. The molecule has 0 N–H and O–H groups in total. The second-order valence-electron chi connectivity index (χ2n) is 2.53. The fraction of sp³-hybridized carbons (Fsp3) is 0.200. The van der Waals surface area contributed by atoms with Crippen LogP contribution in [-0.2, 0) is 0 Å². The molecule has 0 radical (unpaired) electrons. The van der Waals surface area contributed by atoms with Crippen LogP contribution in [0.1, 0.15) is 5.56 Å². The van der Waals surface area contributed by atoms with E-state index in [-0.39, 0.29) is 5.82 Å². The molecule has 0 spiro atoms. The Morgan fingerprint density at radius 3 is 3.00 bits per heavy atom. The standard InChI is InChI=1S/C10H11FS/c1-3-6-12-10-7-8(2)4-5-9(10)11/h3-5,7H,1,6H2,2H3. The monoisotopic (exact) mass is 182 g/mol. The van der Waals surface area contributed by atoms with E-state index in [0.717, 1.165) is 11.3 Å². The molecule has 2 heteroatoms. The summed E-state index contributed by atoms with van der Waals surface area (Å²) in [5.74, 6) is 0.604. The smallest absolute Gasteiger partial charge is 0.136 e. The number of hydrogen-bond acceptors (Lipinski definition) is 1. The van der Waals surface area contributed by atoms with Crippen LogP contribution in [0.2, 0.25) is 0 Å². The Hall–Kier alpha value is -0.760. The minimum atomic E-state index is -0.146. The first kappa shape index (κ1) is 9.33. The average molecular weight is 182 g/mol. The molecule has 0 aliphatic carbocycles. The Bertz CT molecular complexity index is 281. The van der Waals surface area contributed by atoms with Gasteiger partial charge in [-0.05, 0) is 24.6 Å². The summed E-state index contributed by atoms with van der Waals surface area (Å²) in [7, 11) is 0. The first-order chi connectivity index (χ1) is 5.74. The lowest BCUT2D eigenvalue weighted by Crippen LogP contribution is -1.82. The van der Waals surface area contributed by atoms with Gasteiger partial charge in [0.2, 0.25) is 0 Å². The van der Waals surface area contributed by atoms with E-state index >= 15 is 0 Å². The zero-order chi connectivity index (χ0) is 8.97. The highest BCUT2D eigenvalue weighted by Gasteiger charge is 2.00. The van der Waals surface area contributed by atoms with Gasteiger partial charge in [-0.25, -0.2) is 4.39 Å². The Labute approximate surface area is 76.5 Å². The minimum absolute atomic E-state index is 0.146. The second-order valence-corrected chi connectivity index (χ2v) is 3.60. The van der Waals surface area contributed by atoms with E-state index in [1.54, 1.807) is 12.1 Å². The summed E-state index contributed by atoms with van der Waals surface area (Å²) < 4.78 is 13.0. The van der Waals surface area contributed by atoms with E-state index in [9.17, 15) is 4.39 Å². The Morgan fingerprint density at radius 1 is 1.58 bits per heavy atom. The maximum absolute atomic E-state index is 13.0. The largest absolute Gasteiger partial charge is 0.206 e. The third kappa shape index (κ3) is 2.38. The van der Waals surface area contributed by atoms with Crippen LogP contribution >= 0.6 is 11.8 Å². The third-order valence-electron chi connectivity index (χ3n) is 1.44. The predicted octanol–water partition coefficient (Wildman–Crippen LogP) is 3.41. The van der Waals surface area contributed by atoms with Crippen molar-refractivity contribution in [1.82, 2.24) is 0 Å². The summed E-state index contributed by atoms with van der Waals surface area (Å²) in [6.07, 6.45) is 1.77. The van der Waals surface area contributed by atoms with Crippen LogP contribution in [0.5, 0.6) is 0 Å². The van der Waals surface area contributed by atoms with Crippen molar-refractivity contribution >= 4 is 11.8 Å². The summed E-state index contributed by atoms with van der Waals surface area (Å²) in [5.41, 5.74) is 1.09. The molecule has 0 atom stereocenters. The molecule has 0 saturated heterocycles. The van der Waals surface area contributed by atoms with Crippen molar-refractivity contribution in [2.24, 2.45) is 0 Å². The summed E-state index contributed by atoms with van der Waals surface area (Å²) in [4.78, 5) is 0.704. The van der Waals surface area contributed by atoms with Gasteiger partial charge in [0.05, 0.1) is 0 Å². The Morgan fingerprint density at radius 2 is 2.33 bits per heavy atom. The molecule has 0 aliphatic rings. The van der Waals surface area contributed by atoms with E-state index < -0.39 is 0 Å². The van der Waals surface area contributed by atoms with Gasteiger partial charge < -0.3 is 0 Å². The zero-order valence-corrected chi connectivity index (χ0v) is 7.83. The van der Waals surface area contributed by atoms with Crippen LogP contribution in [0, 0.1) is 12.7 Å². The van der Waals surface area contributed by atoms with Crippen molar-refractivity contribution in [1.29, 1.82) is 0 Å². The third-order valence-corrected chi connectivity index (χ3v) is 2.47. The van der Waals surface area contributed by atoms with E-state index in [1.807, 2.05) is 13.0 Å². The quantitative estimate of drug-likeness (QED) is 0.510. The molecule has 1 rings (SSSR count). The maximum atomic E-state index is 13.0. The number of halogens is 1. The second kappa shape index (κ2) is 4.31. The van der Waals surface area contributed by atoms with E-state index in [4.69, 9.17) is 0 Å². The van der Waals surface area contributed by atoms with Gasteiger partial charge in [0.15, 0.2) is 0 Å². The lowest BCUT2D eigenvalue weighted by molar-refractivity contribution is 0.601. The van der Waals surface area contributed by atoms with Crippen molar-refractivity contribution in [3.05, 3.63) is 42.2 Å². The number of rotatable bonds is 3. The van der Waals surface area contributed by atoms with Crippen LogP contribution in [0.3, 0.4) is 0 Å². The molecule has 1 aromatic carbocycles. The summed E-state index contributed by atoms with van der Waals surface area (Å²) in [6.45, 7) is 5.54. The fourth-order valence-electron chi connectivity index (χ4n) is 0.870. The molecule has 0 aliphatic heterocycles. The first-order valence-corrected chi connectivity index (χ1v) is 4.72. The van der Waals surface area contributed by atoms with Gasteiger partial charge in [0.1, 0.15) is 5.82 Å². The van der Waals surface area contributed by atoms with E-state index in [2.05, 4.69) is 6.58 Å². The first-order valence-electron chi connectivity index (χ1n) is 3.74. The van der Waals surface area contributed by atoms with Crippen LogP contribution < -0.4 is 0 Å². The van der Waals surface area contributed by atoms with E-state index in [1.165, 1.54) is 17.8 Å². The van der Waals surface area contributed by atoms with Gasteiger partial charge in [-0.2, -0.15) is 0 Å². The minimum Gasteiger partial charge on any atom is -0.206 e. The fourth-order valence-corrected chi connectivity index (χ4v) is 1.64. The predicted molar refractivity (Wildman–Crippen MR) is 52.1 cm³/mol. The van der Waals surface area contributed by atoms with Crippen LogP contribution in [0.15, 0.2) is 35.7 Å². The number of benzene rings is 1. The van der Waals surface area contributed by atoms with Crippen LogP contribution in [0.25, 0.3) is 0 Å². The molecule has 1 aromatic rings. The molecule has 0 bridgehead atoms. The van der Waals surface area contributed by atoms with E-state index in [0.29, 0.717) is 4.90 Å².